The monoisotopic (exact) mass is 303 g/mol. The first-order chi connectivity index (χ1) is 9.39. The van der Waals surface area contributed by atoms with Crippen molar-refractivity contribution in [2.24, 2.45) is 0 Å². The summed E-state index contributed by atoms with van der Waals surface area (Å²) in [5.41, 5.74) is -1.52. The second-order valence-electron chi connectivity index (χ2n) is 4.65. The number of sulfonamides is 1. The standard InChI is InChI=1S/C11H17N3O5S/c1-2-8-12-7-9(13-8)20(17,18)14-11(10(15)16)3-5-19-6-4-11/h7,14H,2-6H2,1H3,(H,12,13)(H,15,16). The minimum Gasteiger partial charge on any atom is -0.480 e. The first-order valence-corrected chi connectivity index (χ1v) is 7.77. The molecule has 112 valence electrons. The number of hydrogen-bond acceptors (Lipinski definition) is 5. The lowest BCUT2D eigenvalue weighted by Gasteiger charge is -2.33. The largest absolute Gasteiger partial charge is 0.480 e. The fourth-order valence-electron chi connectivity index (χ4n) is 2.05. The van der Waals surface area contributed by atoms with Crippen LogP contribution in [0.5, 0.6) is 0 Å². The number of carboxylic acid groups (broad SMARTS) is 1. The van der Waals surface area contributed by atoms with Gasteiger partial charge in [0, 0.05) is 32.5 Å². The number of H-pyrrole nitrogens is 1. The minimum absolute atomic E-state index is 0.0936. The van der Waals surface area contributed by atoms with Crippen molar-refractivity contribution >= 4 is 16.0 Å². The van der Waals surface area contributed by atoms with Crippen LogP contribution in [0.4, 0.5) is 0 Å². The van der Waals surface area contributed by atoms with Crippen molar-refractivity contribution in [2.45, 2.75) is 36.8 Å². The van der Waals surface area contributed by atoms with Gasteiger partial charge in [0.05, 0.1) is 6.20 Å². The van der Waals surface area contributed by atoms with Crippen LogP contribution in [0.1, 0.15) is 25.6 Å². The van der Waals surface area contributed by atoms with Gasteiger partial charge in [0.15, 0.2) is 5.03 Å². The van der Waals surface area contributed by atoms with Gasteiger partial charge in [-0.25, -0.2) is 13.4 Å². The van der Waals surface area contributed by atoms with E-state index in [1.807, 2.05) is 6.92 Å². The van der Waals surface area contributed by atoms with Crippen LogP contribution in [0.3, 0.4) is 0 Å². The van der Waals surface area contributed by atoms with Gasteiger partial charge in [-0.15, -0.1) is 0 Å². The van der Waals surface area contributed by atoms with Crippen LogP contribution < -0.4 is 4.72 Å². The van der Waals surface area contributed by atoms with Gasteiger partial charge < -0.3 is 14.8 Å². The van der Waals surface area contributed by atoms with E-state index < -0.39 is 21.5 Å². The van der Waals surface area contributed by atoms with Gasteiger partial charge in [-0.2, -0.15) is 4.72 Å². The Balaban J connectivity index is 2.27. The van der Waals surface area contributed by atoms with Gasteiger partial charge in [0.1, 0.15) is 11.4 Å². The molecule has 1 aromatic rings. The Labute approximate surface area is 116 Å². The van der Waals surface area contributed by atoms with E-state index in [0.717, 1.165) is 0 Å². The number of aromatic nitrogens is 2. The molecule has 0 unspecified atom stereocenters. The van der Waals surface area contributed by atoms with Gasteiger partial charge >= 0.3 is 5.97 Å². The summed E-state index contributed by atoms with van der Waals surface area (Å²) in [6.07, 6.45) is 1.94. The maximum atomic E-state index is 12.3. The molecule has 0 spiro atoms. The number of carbonyl (C=O) groups is 1. The van der Waals surface area contributed by atoms with Crippen molar-refractivity contribution in [1.82, 2.24) is 14.7 Å². The molecule has 20 heavy (non-hydrogen) atoms. The van der Waals surface area contributed by atoms with Gasteiger partial charge in [-0.1, -0.05) is 6.92 Å². The SMILES string of the molecule is CCc1ncc(S(=O)(=O)NC2(C(=O)O)CCOCC2)[nH]1. The smallest absolute Gasteiger partial charge is 0.325 e. The Hall–Kier alpha value is -1.45. The predicted octanol–water partition coefficient (Wildman–Crippen LogP) is -0.116. The van der Waals surface area contributed by atoms with Gasteiger partial charge in [-0.3, -0.25) is 4.79 Å². The number of nitrogens with zero attached hydrogens (tertiary/aromatic N) is 1. The normalized spacial score (nSPS) is 18.9. The zero-order valence-electron chi connectivity index (χ0n) is 11.0. The molecule has 3 N–H and O–H groups in total. The highest BCUT2D eigenvalue weighted by atomic mass is 32.2. The topological polar surface area (TPSA) is 121 Å². The molecule has 0 bridgehead atoms. The Bertz CT molecular complexity index is 589. The van der Waals surface area contributed by atoms with Crippen LogP contribution in [0.25, 0.3) is 0 Å². The van der Waals surface area contributed by atoms with E-state index in [4.69, 9.17) is 4.74 Å². The van der Waals surface area contributed by atoms with E-state index >= 15 is 0 Å². The minimum atomic E-state index is -3.96. The van der Waals surface area contributed by atoms with Crippen molar-refractivity contribution in [3.05, 3.63) is 12.0 Å². The summed E-state index contributed by atoms with van der Waals surface area (Å²) in [6.45, 7) is 2.25. The zero-order valence-corrected chi connectivity index (χ0v) is 11.9. The molecule has 1 aromatic heterocycles. The van der Waals surface area contributed by atoms with E-state index in [0.29, 0.717) is 12.2 Å². The summed E-state index contributed by atoms with van der Waals surface area (Å²) in [5.74, 6) is -0.665. The summed E-state index contributed by atoms with van der Waals surface area (Å²) in [6, 6.07) is 0. The molecule has 0 aromatic carbocycles. The Morgan fingerprint density at radius 1 is 1.55 bits per heavy atom. The summed E-state index contributed by atoms with van der Waals surface area (Å²) in [5, 5.41) is 9.22. The summed E-state index contributed by atoms with van der Waals surface area (Å²) in [4.78, 5) is 18.0. The van der Waals surface area contributed by atoms with Gasteiger partial charge in [0.2, 0.25) is 0 Å². The molecule has 0 amide bonds. The average molecular weight is 303 g/mol. The predicted molar refractivity (Wildman–Crippen MR) is 68.7 cm³/mol. The molecule has 0 aliphatic carbocycles. The molecule has 1 aliphatic heterocycles. The van der Waals surface area contributed by atoms with E-state index in [2.05, 4.69) is 14.7 Å². The number of hydrogen-bond donors (Lipinski definition) is 3. The number of nitrogens with one attached hydrogen (secondary N) is 2. The highest BCUT2D eigenvalue weighted by molar-refractivity contribution is 7.89. The number of ether oxygens (including phenoxy) is 1. The molecule has 2 heterocycles. The van der Waals surface area contributed by atoms with Crippen LogP contribution in [0.2, 0.25) is 0 Å². The summed E-state index contributed by atoms with van der Waals surface area (Å²) in [7, 11) is -3.96. The number of rotatable bonds is 5. The third kappa shape index (κ3) is 2.84. The number of aromatic amines is 1. The van der Waals surface area contributed by atoms with Crippen molar-refractivity contribution in [3.8, 4) is 0 Å². The molecule has 9 heteroatoms. The molecule has 8 nitrogen and oxygen atoms in total. The molecule has 1 fully saturated rings. The Morgan fingerprint density at radius 2 is 2.20 bits per heavy atom. The van der Waals surface area contributed by atoms with Crippen LogP contribution >= 0.6 is 0 Å². The van der Waals surface area contributed by atoms with Crippen LogP contribution in [0, 0.1) is 0 Å². The highest BCUT2D eigenvalue weighted by Crippen LogP contribution is 2.23. The zero-order chi connectivity index (χ0) is 14.8. The van der Waals surface area contributed by atoms with Crippen molar-refractivity contribution in [2.75, 3.05) is 13.2 Å². The lowest BCUT2D eigenvalue weighted by molar-refractivity contribution is -0.147. The number of imidazole rings is 1. The maximum Gasteiger partial charge on any atom is 0.325 e. The molecule has 1 aliphatic rings. The number of aryl methyl sites for hydroxylation is 1. The quantitative estimate of drug-likeness (QED) is 0.697. The van der Waals surface area contributed by atoms with E-state index in [1.54, 1.807) is 0 Å². The second kappa shape index (κ2) is 5.51. The molecular formula is C11H17N3O5S. The molecular weight excluding hydrogens is 286 g/mol. The van der Waals surface area contributed by atoms with E-state index in [9.17, 15) is 18.3 Å². The average Bonchev–Trinajstić information content (AvgIpc) is 2.88. The third-order valence-electron chi connectivity index (χ3n) is 3.32. The van der Waals surface area contributed by atoms with Crippen LogP contribution in [0.15, 0.2) is 11.2 Å². The highest BCUT2D eigenvalue weighted by Gasteiger charge is 2.44. The molecule has 2 rings (SSSR count). The van der Waals surface area contributed by atoms with Gasteiger partial charge in [0.25, 0.3) is 10.0 Å². The van der Waals surface area contributed by atoms with E-state index in [-0.39, 0.29) is 31.1 Å². The van der Waals surface area contributed by atoms with Crippen molar-refractivity contribution < 1.29 is 23.1 Å². The first kappa shape index (κ1) is 14.9. The molecule has 0 saturated carbocycles. The molecule has 1 saturated heterocycles. The maximum absolute atomic E-state index is 12.3. The Morgan fingerprint density at radius 3 is 2.70 bits per heavy atom. The summed E-state index contributed by atoms with van der Waals surface area (Å²) >= 11 is 0. The summed E-state index contributed by atoms with van der Waals surface area (Å²) < 4.78 is 31.9. The fraction of sp³-hybridized carbons (Fsp3) is 0.636. The third-order valence-corrected chi connectivity index (χ3v) is 4.76. The second-order valence-corrected chi connectivity index (χ2v) is 6.30. The van der Waals surface area contributed by atoms with E-state index in [1.165, 1.54) is 6.20 Å². The molecule has 0 atom stereocenters. The molecule has 0 radical (unpaired) electrons. The van der Waals surface area contributed by atoms with Crippen LogP contribution in [-0.4, -0.2) is 48.2 Å². The lowest BCUT2D eigenvalue weighted by atomic mass is 9.92. The number of aliphatic carboxylic acids is 1. The first-order valence-electron chi connectivity index (χ1n) is 6.28. The van der Waals surface area contributed by atoms with Gasteiger partial charge in [-0.05, 0) is 0 Å². The fourth-order valence-corrected chi connectivity index (χ4v) is 3.41. The Kier molecular flexibility index (Phi) is 4.11. The van der Waals surface area contributed by atoms with Crippen molar-refractivity contribution in [3.63, 3.8) is 0 Å². The van der Waals surface area contributed by atoms with Crippen LogP contribution in [-0.2, 0) is 26.0 Å². The van der Waals surface area contributed by atoms with Crippen molar-refractivity contribution in [1.29, 1.82) is 0 Å². The lowest BCUT2D eigenvalue weighted by Crippen LogP contribution is -2.57. The number of carboxylic acids is 1.